The van der Waals surface area contributed by atoms with Crippen molar-refractivity contribution in [2.75, 3.05) is 26.2 Å². The Bertz CT molecular complexity index is 724. The van der Waals surface area contributed by atoms with E-state index in [1.165, 1.54) is 6.26 Å². The maximum absolute atomic E-state index is 12.5. The molecular formula is C17H23N5O3. The second kappa shape index (κ2) is 7.42. The Labute approximate surface area is 146 Å². The lowest BCUT2D eigenvalue weighted by Crippen LogP contribution is -2.43. The number of aromatic nitrogens is 2. The molecule has 0 bridgehead atoms. The molecule has 2 aromatic heterocycles. The molecule has 0 radical (unpaired) electrons. The van der Waals surface area contributed by atoms with Gasteiger partial charge in [-0.25, -0.2) is 4.79 Å². The highest BCUT2D eigenvalue weighted by molar-refractivity contribution is 5.91. The zero-order valence-electron chi connectivity index (χ0n) is 14.5. The first-order valence-electron chi connectivity index (χ1n) is 8.41. The van der Waals surface area contributed by atoms with E-state index in [2.05, 4.69) is 10.4 Å². The molecule has 0 saturated carbocycles. The predicted molar refractivity (Wildman–Crippen MR) is 91.0 cm³/mol. The third-order valence-electron chi connectivity index (χ3n) is 4.37. The van der Waals surface area contributed by atoms with Gasteiger partial charge in [-0.15, -0.1) is 0 Å². The molecule has 0 spiro atoms. The summed E-state index contributed by atoms with van der Waals surface area (Å²) in [5.74, 6) is 0.207. The Hall–Kier alpha value is -2.77. The van der Waals surface area contributed by atoms with E-state index in [9.17, 15) is 9.59 Å². The summed E-state index contributed by atoms with van der Waals surface area (Å²) >= 11 is 0. The van der Waals surface area contributed by atoms with E-state index in [1.807, 2.05) is 20.2 Å². The number of carbonyl (C=O) groups excluding carboxylic acids is 2. The van der Waals surface area contributed by atoms with Gasteiger partial charge in [-0.1, -0.05) is 0 Å². The fraction of sp³-hybridized carbons (Fsp3) is 0.471. The molecule has 8 nitrogen and oxygen atoms in total. The van der Waals surface area contributed by atoms with Gasteiger partial charge in [-0.05, 0) is 25.5 Å². The van der Waals surface area contributed by atoms with Gasteiger partial charge in [0.05, 0.1) is 18.5 Å². The van der Waals surface area contributed by atoms with E-state index in [-0.39, 0.29) is 18.0 Å². The van der Waals surface area contributed by atoms with Gasteiger partial charge in [0.2, 0.25) is 0 Å². The summed E-state index contributed by atoms with van der Waals surface area (Å²) in [5, 5.41) is 7.12. The molecule has 0 unspecified atom stereocenters. The van der Waals surface area contributed by atoms with Gasteiger partial charge >= 0.3 is 6.03 Å². The number of urea groups is 1. The second-order valence-corrected chi connectivity index (χ2v) is 6.23. The molecule has 1 N–H and O–H groups in total. The van der Waals surface area contributed by atoms with Gasteiger partial charge in [0, 0.05) is 45.0 Å². The van der Waals surface area contributed by atoms with Crippen molar-refractivity contribution in [2.24, 2.45) is 7.05 Å². The lowest BCUT2D eigenvalue weighted by atomic mass is 10.2. The molecule has 1 fully saturated rings. The van der Waals surface area contributed by atoms with E-state index >= 15 is 0 Å². The van der Waals surface area contributed by atoms with Crippen molar-refractivity contribution in [1.29, 1.82) is 0 Å². The van der Waals surface area contributed by atoms with Crippen LogP contribution in [0.4, 0.5) is 4.79 Å². The van der Waals surface area contributed by atoms with Crippen LogP contribution < -0.4 is 5.32 Å². The molecule has 2 aromatic rings. The number of carbonyl (C=O) groups is 2. The minimum atomic E-state index is -0.129. The SMILES string of the molecule is C[C@H](NC(=O)N1CCCN(C(=O)c2ccco2)CC1)c1cnn(C)c1. The average Bonchev–Trinajstić information content (AvgIpc) is 3.21. The van der Waals surface area contributed by atoms with Gasteiger partial charge in [-0.2, -0.15) is 5.10 Å². The number of aryl methyl sites for hydroxylation is 1. The molecule has 8 heteroatoms. The molecule has 3 rings (SSSR count). The van der Waals surface area contributed by atoms with Gasteiger partial charge in [0.25, 0.3) is 5.91 Å². The van der Waals surface area contributed by atoms with Crippen molar-refractivity contribution >= 4 is 11.9 Å². The minimum absolute atomic E-state index is 0.120. The molecule has 1 aliphatic heterocycles. The van der Waals surface area contributed by atoms with E-state index in [0.717, 1.165) is 12.0 Å². The third-order valence-corrected chi connectivity index (χ3v) is 4.37. The fourth-order valence-corrected chi connectivity index (χ4v) is 2.90. The highest BCUT2D eigenvalue weighted by Gasteiger charge is 2.24. The summed E-state index contributed by atoms with van der Waals surface area (Å²) < 4.78 is 6.89. The third kappa shape index (κ3) is 4.01. The summed E-state index contributed by atoms with van der Waals surface area (Å²) in [4.78, 5) is 28.4. The van der Waals surface area contributed by atoms with Crippen LogP contribution in [0.25, 0.3) is 0 Å². The van der Waals surface area contributed by atoms with E-state index < -0.39 is 0 Å². The Kier molecular flexibility index (Phi) is 5.06. The summed E-state index contributed by atoms with van der Waals surface area (Å²) in [6, 6.07) is 3.12. The van der Waals surface area contributed by atoms with Crippen LogP contribution in [0.1, 0.15) is 35.5 Å². The molecule has 3 amide bonds. The van der Waals surface area contributed by atoms with Crippen LogP contribution in [0, 0.1) is 0 Å². The molecule has 134 valence electrons. The normalized spacial score (nSPS) is 16.4. The number of nitrogens with zero attached hydrogens (tertiary/aromatic N) is 4. The number of rotatable bonds is 3. The maximum Gasteiger partial charge on any atom is 0.317 e. The van der Waals surface area contributed by atoms with Crippen molar-refractivity contribution in [1.82, 2.24) is 24.9 Å². The molecule has 1 aliphatic rings. The minimum Gasteiger partial charge on any atom is -0.459 e. The van der Waals surface area contributed by atoms with Crippen LogP contribution in [0.15, 0.2) is 35.2 Å². The Morgan fingerprint density at radius 2 is 2.00 bits per heavy atom. The van der Waals surface area contributed by atoms with Crippen molar-refractivity contribution in [3.63, 3.8) is 0 Å². The molecular weight excluding hydrogens is 322 g/mol. The van der Waals surface area contributed by atoms with E-state index in [0.29, 0.717) is 31.9 Å². The van der Waals surface area contributed by atoms with Gasteiger partial charge in [0.1, 0.15) is 0 Å². The number of hydrogen-bond donors (Lipinski definition) is 1. The Morgan fingerprint density at radius 1 is 1.24 bits per heavy atom. The monoisotopic (exact) mass is 345 g/mol. The quantitative estimate of drug-likeness (QED) is 0.916. The highest BCUT2D eigenvalue weighted by atomic mass is 16.3. The summed E-state index contributed by atoms with van der Waals surface area (Å²) in [6.07, 6.45) is 5.86. The standard InChI is InChI=1S/C17H23N5O3/c1-13(14-11-18-20(2)12-14)19-17(24)22-7-4-6-21(8-9-22)16(23)15-5-3-10-25-15/h3,5,10-13H,4,6-9H2,1-2H3,(H,19,24)/t13-/m0/s1. The molecule has 1 saturated heterocycles. The van der Waals surface area contributed by atoms with Crippen LogP contribution >= 0.6 is 0 Å². The number of furan rings is 1. The first-order valence-corrected chi connectivity index (χ1v) is 8.41. The summed E-state index contributed by atoms with van der Waals surface area (Å²) in [7, 11) is 1.84. The second-order valence-electron chi connectivity index (χ2n) is 6.23. The van der Waals surface area contributed by atoms with Crippen LogP contribution in [-0.4, -0.2) is 57.7 Å². The molecule has 1 atom stereocenters. The Balaban J connectivity index is 1.55. The largest absolute Gasteiger partial charge is 0.459 e. The summed E-state index contributed by atoms with van der Waals surface area (Å²) in [6.45, 7) is 4.15. The molecule has 0 aromatic carbocycles. The maximum atomic E-state index is 12.5. The van der Waals surface area contributed by atoms with Crippen LogP contribution in [0.5, 0.6) is 0 Å². The molecule has 3 heterocycles. The lowest BCUT2D eigenvalue weighted by molar-refractivity contribution is 0.0730. The average molecular weight is 345 g/mol. The van der Waals surface area contributed by atoms with Crippen molar-refractivity contribution < 1.29 is 14.0 Å². The summed E-state index contributed by atoms with van der Waals surface area (Å²) in [5.41, 5.74) is 0.959. The number of hydrogen-bond acceptors (Lipinski definition) is 4. The fourth-order valence-electron chi connectivity index (χ4n) is 2.90. The lowest BCUT2D eigenvalue weighted by Gasteiger charge is -2.23. The van der Waals surface area contributed by atoms with E-state index in [4.69, 9.17) is 4.42 Å². The molecule has 25 heavy (non-hydrogen) atoms. The first-order chi connectivity index (χ1) is 12.0. The Morgan fingerprint density at radius 3 is 2.68 bits per heavy atom. The van der Waals surface area contributed by atoms with Gasteiger partial charge in [-0.3, -0.25) is 9.48 Å². The molecule has 0 aliphatic carbocycles. The van der Waals surface area contributed by atoms with Gasteiger partial charge < -0.3 is 19.5 Å². The van der Waals surface area contributed by atoms with Crippen LogP contribution in [-0.2, 0) is 7.05 Å². The van der Waals surface area contributed by atoms with Gasteiger partial charge in [0.15, 0.2) is 5.76 Å². The van der Waals surface area contributed by atoms with Crippen molar-refractivity contribution in [3.8, 4) is 0 Å². The zero-order chi connectivity index (χ0) is 17.8. The van der Waals surface area contributed by atoms with Crippen molar-refractivity contribution in [3.05, 3.63) is 42.1 Å². The smallest absolute Gasteiger partial charge is 0.317 e. The van der Waals surface area contributed by atoms with Crippen molar-refractivity contribution in [2.45, 2.75) is 19.4 Å². The van der Waals surface area contributed by atoms with Crippen LogP contribution in [0.2, 0.25) is 0 Å². The van der Waals surface area contributed by atoms with E-state index in [1.54, 1.807) is 32.8 Å². The predicted octanol–water partition coefficient (Wildman–Crippen LogP) is 1.63. The highest BCUT2D eigenvalue weighted by Crippen LogP contribution is 2.13. The number of nitrogens with one attached hydrogen (secondary N) is 1. The first kappa shape index (κ1) is 17.1. The zero-order valence-corrected chi connectivity index (χ0v) is 14.5. The number of amides is 3. The van der Waals surface area contributed by atoms with Crippen LogP contribution in [0.3, 0.4) is 0 Å². The topological polar surface area (TPSA) is 83.6 Å².